The molecule has 0 spiro atoms. The molecule has 0 radical (unpaired) electrons. The smallest absolute Gasteiger partial charge is 0.387 e. The van der Waals surface area contributed by atoms with E-state index in [1.807, 2.05) is 0 Å². The minimum absolute atomic E-state index is 0.0477. The Hall–Kier alpha value is -2.72. The number of anilines is 1. The van der Waals surface area contributed by atoms with Gasteiger partial charge in [-0.3, -0.25) is 9.69 Å². The molecule has 0 bridgehead atoms. The van der Waals surface area contributed by atoms with E-state index in [0.717, 1.165) is 11.8 Å². The number of carbonyl (C=O) groups is 1. The second kappa shape index (κ2) is 10.4. The fraction of sp³-hybridized carbons (Fsp3) is 0.350. The molecule has 2 aromatic carbocycles. The largest absolute Gasteiger partial charge is 0.490 e. The highest BCUT2D eigenvalue weighted by Crippen LogP contribution is 2.30. The van der Waals surface area contributed by atoms with Crippen LogP contribution in [0.25, 0.3) is 0 Å². The molecule has 2 rings (SSSR count). The molecule has 1 amide bonds. The Balaban J connectivity index is 1.96. The SMILES string of the molecule is CCOc1cc(CN(C)CC(=O)Nc2ccc(S(C)(=O)=O)cc2)ccc1OC(F)F. The first-order valence-electron chi connectivity index (χ1n) is 9.07. The summed E-state index contributed by atoms with van der Waals surface area (Å²) in [6, 6.07) is 10.5. The Kier molecular flexibility index (Phi) is 8.13. The molecule has 1 N–H and O–H groups in total. The molecule has 0 heterocycles. The number of sulfone groups is 1. The fourth-order valence-corrected chi connectivity index (χ4v) is 3.34. The van der Waals surface area contributed by atoms with Crippen molar-refractivity contribution in [2.75, 3.05) is 31.8 Å². The molecule has 0 fully saturated rings. The van der Waals surface area contributed by atoms with Crippen molar-refractivity contribution in [1.82, 2.24) is 4.90 Å². The van der Waals surface area contributed by atoms with E-state index >= 15 is 0 Å². The highest BCUT2D eigenvalue weighted by atomic mass is 32.2. The van der Waals surface area contributed by atoms with Gasteiger partial charge in [0.25, 0.3) is 0 Å². The monoisotopic (exact) mass is 442 g/mol. The lowest BCUT2D eigenvalue weighted by atomic mass is 10.2. The maximum atomic E-state index is 12.5. The maximum absolute atomic E-state index is 12.5. The predicted octanol–water partition coefficient (Wildman–Crippen LogP) is 3.16. The number of amides is 1. The van der Waals surface area contributed by atoms with Crippen molar-refractivity contribution in [2.24, 2.45) is 0 Å². The third kappa shape index (κ3) is 7.27. The third-order valence-electron chi connectivity index (χ3n) is 3.96. The molecule has 2 aromatic rings. The van der Waals surface area contributed by atoms with Gasteiger partial charge in [-0.25, -0.2) is 8.42 Å². The number of hydrogen-bond donors (Lipinski definition) is 1. The Labute approximate surface area is 174 Å². The summed E-state index contributed by atoms with van der Waals surface area (Å²) in [5, 5.41) is 2.70. The second-order valence-electron chi connectivity index (χ2n) is 6.61. The zero-order valence-corrected chi connectivity index (χ0v) is 17.7. The van der Waals surface area contributed by atoms with Crippen LogP contribution in [0.5, 0.6) is 11.5 Å². The summed E-state index contributed by atoms with van der Waals surface area (Å²) < 4.78 is 57.7. The summed E-state index contributed by atoms with van der Waals surface area (Å²) in [6.45, 7) is -0.493. The summed E-state index contributed by atoms with van der Waals surface area (Å²) >= 11 is 0. The van der Waals surface area contributed by atoms with Gasteiger partial charge >= 0.3 is 6.61 Å². The standard InChI is InChI=1S/C20H24F2N2O5S/c1-4-28-18-11-14(5-10-17(18)29-20(21)22)12-24(2)13-19(25)23-15-6-8-16(9-7-15)30(3,26)27/h5-11,20H,4,12-13H2,1-3H3,(H,23,25). The van der Waals surface area contributed by atoms with Crippen LogP contribution in [-0.2, 0) is 21.2 Å². The number of nitrogens with one attached hydrogen (secondary N) is 1. The van der Waals surface area contributed by atoms with Crippen molar-refractivity contribution in [3.8, 4) is 11.5 Å². The van der Waals surface area contributed by atoms with E-state index in [2.05, 4.69) is 10.1 Å². The fourth-order valence-electron chi connectivity index (χ4n) is 2.71. The zero-order valence-electron chi connectivity index (χ0n) is 16.9. The minimum atomic E-state index is -3.30. The van der Waals surface area contributed by atoms with Crippen molar-refractivity contribution in [3.05, 3.63) is 48.0 Å². The second-order valence-corrected chi connectivity index (χ2v) is 8.63. The van der Waals surface area contributed by atoms with Crippen LogP contribution < -0.4 is 14.8 Å². The van der Waals surface area contributed by atoms with Gasteiger partial charge < -0.3 is 14.8 Å². The predicted molar refractivity (Wildman–Crippen MR) is 109 cm³/mol. The topological polar surface area (TPSA) is 84.9 Å². The molecule has 7 nitrogen and oxygen atoms in total. The van der Waals surface area contributed by atoms with Crippen LogP contribution in [0.2, 0.25) is 0 Å². The number of nitrogens with zero attached hydrogens (tertiary/aromatic N) is 1. The summed E-state index contributed by atoms with van der Waals surface area (Å²) in [5.74, 6) is -0.125. The van der Waals surface area contributed by atoms with Crippen molar-refractivity contribution in [3.63, 3.8) is 0 Å². The minimum Gasteiger partial charge on any atom is -0.490 e. The van der Waals surface area contributed by atoms with Gasteiger partial charge in [0.15, 0.2) is 21.3 Å². The molecule has 10 heteroatoms. The van der Waals surface area contributed by atoms with Gasteiger partial charge in [-0.15, -0.1) is 0 Å². The maximum Gasteiger partial charge on any atom is 0.387 e. The van der Waals surface area contributed by atoms with E-state index in [4.69, 9.17) is 4.74 Å². The first-order chi connectivity index (χ1) is 14.1. The third-order valence-corrected chi connectivity index (χ3v) is 5.08. The highest BCUT2D eigenvalue weighted by Gasteiger charge is 2.14. The Morgan fingerprint density at radius 3 is 2.37 bits per heavy atom. The van der Waals surface area contributed by atoms with Crippen molar-refractivity contribution in [2.45, 2.75) is 25.0 Å². The van der Waals surface area contributed by atoms with Crippen LogP contribution in [-0.4, -0.2) is 52.3 Å². The highest BCUT2D eigenvalue weighted by molar-refractivity contribution is 7.90. The number of alkyl halides is 2. The number of rotatable bonds is 10. The normalized spacial score (nSPS) is 11.6. The van der Waals surface area contributed by atoms with E-state index in [1.165, 1.54) is 30.3 Å². The Bertz CT molecular complexity index is 966. The first-order valence-corrected chi connectivity index (χ1v) is 11.0. The molecule has 0 saturated heterocycles. The zero-order chi connectivity index (χ0) is 22.3. The summed E-state index contributed by atoms with van der Waals surface area (Å²) in [5.41, 5.74) is 1.24. The van der Waals surface area contributed by atoms with Crippen molar-refractivity contribution in [1.29, 1.82) is 0 Å². The number of ether oxygens (including phenoxy) is 2. The van der Waals surface area contributed by atoms with Gasteiger partial charge in [-0.1, -0.05) is 6.07 Å². The van der Waals surface area contributed by atoms with Gasteiger partial charge in [-0.2, -0.15) is 8.78 Å². The van der Waals surface area contributed by atoms with Crippen LogP contribution in [0, 0.1) is 0 Å². The lowest BCUT2D eigenvalue weighted by Crippen LogP contribution is -2.29. The Morgan fingerprint density at radius 1 is 1.13 bits per heavy atom. The number of carbonyl (C=O) groups excluding carboxylic acids is 1. The lowest BCUT2D eigenvalue weighted by molar-refractivity contribution is -0.117. The molecule has 0 aromatic heterocycles. The van der Waals surface area contributed by atoms with Crippen LogP contribution >= 0.6 is 0 Å². The molecular formula is C20H24F2N2O5S. The van der Waals surface area contributed by atoms with E-state index < -0.39 is 16.4 Å². The van der Waals surface area contributed by atoms with Crippen LogP contribution in [0.3, 0.4) is 0 Å². The van der Waals surface area contributed by atoms with Gasteiger partial charge in [0.1, 0.15) is 0 Å². The first kappa shape index (κ1) is 23.6. The summed E-state index contributed by atoms with van der Waals surface area (Å²) in [7, 11) is -1.57. The molecule has 30 heavy (non-hydrogen) atoms. The number of likely N-dealkylation sites (N-methyl/N-ethyl adjacent to an activating group) is 1. The van der Waals surface area contributed by atoms with Gasteiger partial charge in [-0.05, 0) is 55.9 Å². The van der Waals surface area contributed by atoms with Gasteiger partial charge in [0.05, 0.1) is 18.0 Å². The van der Waals surface area contributed by atoms with Crippen molar-refractivity contribution >= 4 is 21.4 Å². The van der Waals surface area contributed by atoms with E-state index in [1.54, 1.807) is 31.0 Å². The van der Waals surface area contributed by atoms with E-state index in [0.29, 0.717) is 18.8 Å². The quantitative estimate of drug-likeness (QED) is 0.609. The van der Waals surface area contributed by atoms with Gasteiger partial charge in [0, 0.05) is 18.5 Å². The van der Waals surface area contributed by atoms with Gasteiger partial charge in [0.2, 0.25) is 5.91 Å². The summed E-state index contributed by atoms with van der Waals surface area (Å²) in [4.78, 5) is 14.1. The molecule has 0 saturated carbocycles. The van der Waals surface area contributed by atoms with Crippen molar-refractivity contribution < 1.29 is 31.5 Å². The average molecular weight is 442 g/mol. The molecule has 0 atom stereocenters. The molecule has 0 aliphatic heterocycles. The molecular weight excluding hydrogens is 418 g/mol. The van der Waals surface area contributed by atoms with Crippen LogP contribution in [0.4, 0.5) is 14.5 Å². The average Bonchev–Trinajstić information content (AvgIpc) is 2.63. The number of benzene rings is 2. The van der Waals surface area contributed by atoms with Crippen LogP contribution in [0.15, 0.2) is 47.4 Å². The molecule has 0 unspecified atom stereocenters. The van der Waals surface area contributed by atoms with Crippen LogP contribution in [0.1, 0.15) is 12.5 Å². The molecule has 164 valence electrons. The number of halogens is 2. The van der Waals surface area contributed by atoms with E-state index in [-0.39, 0.29) is 28.8 Å². The lowest BCUT2D eigenvalue weighted by Gasteiger charge is -2.18. The molecule has 0 aliphatic rings. The molecule has 0 aliphatic carbocycles. The Morgan fingerprint density at radius 2 is 1.80 bits per heavy atom. The summed E-state index contributed by atoms with van der Waals surface area (Å²) in [6.07, 6.45) is 1.11. The van der Waals surface area contributed by atoms with E-state index in [9.17, 15) is 22.0 Å². The number of hydrogen-bond acceptors (Lipinski definition) is 6.